The zero-order valence-electron chi connectivity index (χ0n) is 10.9. The van der Waals surface area contributed by atoms with Gasteiger partial charge in [-0.05, 0) is 39.3 Å². The lowest BCUT2D eigenvalue weighted by atomic mass is 11.9. The van der Waals surface area contributed by atoms with Crippen LogP contribution in [0.15, 0.2) is 0 Å². The fourth-order valence-corrected chi connectivity index (χ4v) is 41.2. The highest BCUT2D eigenvalue weighted by molar-refractivity contribution is 7.62. The summed E-state index contributed by atoms with van der Waals surface area (Å²) >= 11 is 0. The minimum atomic E-state index is -3.44. The van der Waals surface area contributed by atoms with E-state index in [-0.39, 0.29) is 0 Å². The Balaban J connectivity index is 5.00. The zero-order valence-corrected chi connectivity index (χ0v) is 16.3. The first-order valence-electron chi connectivity index (χ1n) is 5.24. The lowest BCUT2D eigenvalue weighted by Gasteiger charge is -2.41. The van der Waals surface area contributed by atoms with E-state index in [1.807, 2.05) is 0 Å². The molecule has 0 heterocycles. The molecule has 0 unspecified atom stereocenters. The molecule has 0 radical (unpaired) electrons. The molecule has 5 nitrogen and oxygen atoms in total. The number of rotatable bonds is 5. The molecule has 0 aromatic rings. The predicted molar refractivity (Wildman–Crippen MR) is 76.7 cm³/mol. The molecular formula is C6H24O5Si5. The van der Waals surface area contributed by atoms with Crippen molar-refractivity contribution in [1.29, 1.82) is 0 Å². The lowest BCUT2D eigenvalue weighted by Crippen LogP contribution is -2.77. The van der Waals surface area contributed by atoms with Gasteiger partial charge in [-0.2, -0.15) is 0 Å². The van der Waals surface area contributed by atoms with Crippen molar-refractivity contribution in [3.05, 3.63) is 0 Å². The van der Waals surface area contributed by atoms with Gasteiger partial charge in [0.25, 0.3) is 0 Å². The van der Waals surface area contributed by atoms with Crippen LogP contribution in [0.2, 0.25) is 39.3 Å². The van der Waals surface area contributed by atoms with Crippen molar-refractivity contribution in [3.63, 3.8) is 0 Å². The summed E-state index contributed by atoms with van der Waals surface area (Å²) in [5.74, 6) is 0. The van der Waals surface area contributed by atoms with Crippen LogP contribution < -0.4 is 0 Å². The van der Waals surface area contributed by atoms with Crippen molar-refractivity contribution in [2.45, 2.75) is 39.3 Å². The smallest absolute Gasteiger partial charge is 0.346 e. The molecule has 16 heavy (non-hydrogen) atoms. The third kappa shape index (κ3) is 4.28. The molecule has 0 spiro atoms. The Labute approximate surface area is 103 Å². The van der Waals surface area contributed by atoms with Crippen LogP contribution in [0.25, 0.3) is 0 Å². The molecule has 0 atom stereocenters. The van der Waals surface area contributed by atoms with Gasteiger partial charge in [0.15, 0.2) is 17.1 Å². The molecule has 4 N–H and O–H groups in total. The minimum Gasteiger partial charge on any atom is -0.443 e. The molecule has 0 aliphatic rings. The molecule has 0 rings (SSSR count). The van der Waals surface area contributed by atoms with E-state index in [1.165, 1.54) is 0 Å². The standard InChI is InChI=1S/C6H24O5Si5/c1-13(2,7)12-11-16(10,14(3,4)8)15(5,6)9/h7-10H,12H2,1-6H3. The Morgan fingerprint density at radius 3 is 1.25 bits per heavy atom. The van der Waals surface area contributed by atoms with Gasteiger partial charge in [-0.1, -0.05) is 0 Å². The Kier molecular flexibility index (Phi) is 5.14. The summed E-state index contributed by atoms with van der Waals surface area (Å²) in [6.45, 7) is 9.92. The highest BCUT2D eigenvalue weighted by Crippen LogP contribution is 2.24. The van der Waals surface area contributed by atoms with Crippen molar-refractivity contribution < 1.29 is 23.3 Å². The molecule has 0 saturated carbocycles. The molecule has 0 bridgehead atoms. The average molecular weight is 317 g/mol. The summed E-state index contributed by atoms with van der Waals surface area (Å²) < 4.78 is 5.59. The van der Waals surface area contributed by atoms with E-state index in [0.29, 0.717) is 0 Å². The van der Waals surface area contributed by atoms with E-state index in [2.05, 4.69) is 0 Å². The molecule has 0 aliphatic heterocycles. The molecule has 0 amide bonds. The molecule has 0 aromatic heterocycles. The van der Waals surface area contributed by atoms with Gasteiger partial charge in [-0.15, -0.1) is 0 Å². The maximum Gasteiger partial charge on any atom is 0.346 e. The van der Waals surface area contributed by atoms with E-state index >= 15 is 0 Å². The first kappa shape index (κ1) is 16.9. The van der Waals surface area contributed by atoms with E-state index in [0.717, 1.165) is 0 Å². The Morgan fingerprint density at radius 2 is 1.06 bits per heavy atom. The van der Waals surface area contributed by atoms with Crippen LogP contribution >= 0.6 is 0 Å². The van der Waals surface area contributed by atoms with Crippen LogP contribution in [0.5, 0.6) is 0 Å². The Hall–Kier alpha value is 0.884. The maximum absolute atomic E-state index is 10.5. The van der Waals surface area contributed by atoms with Crippen LogP contribution in [-0.2, 0) is 4.12 Å². The van der Waals surface area contributed by atoms with E-state index in [9.17, 15) is 19.2 Å². The number of hydrogen-bond acceptors (Lipinski definition) is 5. The third-order valence-corrected chi connectivity index (χ3v) is 35.5. The topological polar surface area (TPSA) is 90.2 Å². The van der Waals surface area contributed by atoms with Crippen LogP contribution in [0.1, 0.15) is 0 Å². The van der Waals surface area contributed by atoms with Crippen molar-refractivity contribution in [2.75, 3.05) is 0 Å². The fraction of sp³-hybridized carbons (Fsp3) is 1.00. The normalized spacial score (nSPS) is 16.1. The SMILES string of the molecule is C[Si](C)(O)[SiH2]O[Si](O)([Si](C)(C)O)[Si](C)(C)O. The van der Waals surface area contributed by atoms with Gasteiger partial charge in [-0.25, -0.2) is 0 Å². The second kappa shape index (κ2) is 4.87. The minimum absolute atomic E-state index is 1.26. The molecule has 10 heteroatoms. The summed E-state index contributed by atoms with van der Waals surface area (Å²) in [6.07, 6.45) is 0. The van der Waals surface area contributed by atoms with E-state index in [4.69, 9.17) is 4.12 Å². The Morgan fingerprint density at radius 1 is 0.750 bits per heavy atom. The van der Waals surface area contributed by atoms with Crippen LogP contribution in [0, 0.1) is 0 Å². The lowest BCUT2D eigenvalue weighted by molar-refractivity contribution is 0.398. The molecule has 98 valence electrons. The predicted octanol–water partition coefficient (Wildman–Crippen LogP) is -1.23. The summed E-state index contributed by atoms with van der Waals surface area (Å²) in [5.41, 5.74) is 0. The Bertz CT molecular complexity index is 225. The first-order chi connectivity index (χ1) is 6.71. The number of hydrogen-bond donors (Lipinski definition) is 4. The molecule has 0 aliphatic carbocycles. The summed E-state index contributed by atoms with van der Waals surface area (Å²) in [4.78, 5) is 40.6. The van der Waals surface area contributed by atoms with Crippen LogP contribution in [0.4, 0.5) is 0 Å². The van der Waals surface area contributed by atoms with Crippen molar-refractivity contribution >= 4 is 40.4 Å². The summed E-state index contributed by atoms with van der Waals surface area (Å²) in [7, 11) is -12.8. The zero-order chi connectivity index (χ0) is 13.4. The summed E-state index contributed by atoms with van der Waals surface area (Å²) in [5, 5.41) is 0. The molecule has 0 saturated heterocycles. The summed E-state index contributed by atoms with van der Waals surface area (Å²) in [6, 6.07) is 0. The molecule has 0 fully saturated rings. The average Bonchev–Trinajstić information content (AvgIpc) is 1.93. The largest absolute Gasteiger partial charge is 0.443 e. The van der Waals surface area contributed by atoms with E-state index in [1.54, 1.807) is 39.3 Å². The first-order valence-corrected chi connectivity index (χ1v) is 20.8. The van der Waals surface area contributed by atoms with Gasteiger partial charge in [0, 0.05) is 0 Å². The van der Waals surface area contributed by atoms with Gasteiger partial charge in [-0.3, -0.25) is 0 Å². The van der Waals surface area contributed by atoms with Gasteiger partial charge in [0.05, 0.1) is 0 Å². The second-order valence-electron chi connectivity index (χ2n) is 5.86. The molecule has 0 aromatic carbocycles. The fourth-order valence-electron chi connectivity index (χ4n) is 1.38. The highest BCUT2D eigenvalue weighted by Gasteiger charge is 2.62. The van der Waals surface area contributed by atoms with Crippen molar-refractivity contribution in [1.82, 2.24) is 0 Å². The van der Waals surface area contributed by atoms with Gasteiger partial charge >= 0.3 is 7.60 Å². The molecular weight excluding hydrogens is 292 g/mol. The third-order valence-electron chi connectivity index (χ3n) is 2.29. The maximum atomic E-state index is 10.5. The van der Waals surface area contributed by atoms with Crippen LogP contribution in [0.3, 0.4) is 0 Å². The van der Waals surface area contributed by atoms with E-state index < -0.39 is 40.4 Å². The van der Waals surface area contributed by atoms with Crippen molar-refractivity contribution in [3.8, 4) is 0 Å². The second-order valence-corrected chi connectivity index (χ2v) is 37.4. The monoisotopic (exact) mass is 316 g/mol. The van der Waals surface area contributed by atoms with Crippen molar-refractivity contribution in [2.24, 2.45) is 0 Å². The highest BCUT2D eigenvalue weighted by atomic mass is 29.7. The van der Waals surface area contributed by atoms with Crippen LogP contribution in [-0.4, -0.2) is 59.6 Å². The quantitative estimate of drug-likeness (QED) is 0.477. The van der Waals surface area contributed by atoms with Gasteiger partial charge in [0.2, 0.25) is 15.7 Å². The van der Waals surface area contributed by atoms with Gasteiger partial charge < -0.3 is 23.3 Å². The van der Waals surface area contributed by atoms with Gasteiger partial charge in [0.1, 0.15) is 0 Å².